The van der Waals surface area contributed by atoms with Gasteiger partial charge in [-0.15, -0.1) is 0 Å². The number of aliphatic hydroxyl groups excluding tert-OH is 1. The molecule has 6 heteroatoms. The lowest BCUT2D eigenvalue weighted by molar-refractivity contribution is -0.139. The van der Waals surface area contributed by atoms with Crippen molar-refractivity contribution in [2.45, 2.75) is 46.6 Å². The van der Waals surface area contributed by atoms with Crippen molar-refractivity contribution in [2.24, 2.45) is 5.92 Å². The van der Waals surface area contributed by atoms with Crippen LogP contribution in [0.2, 0.25) is 0 Å². The lowest BCUT2D eigenvalue weighted by Crippen LogP contribution is -2.30. The molecule has 3 rings (SSSR count). The molecule has 2 aromatic carbocycles. The van der Waals surface area contributed by atoms with Gasteiger partial charge in [0.2, 0.25) is 0 Å². The van der Waals surface area contributed by atoms with Gasteiger partial charge < -0.3 is 19.5 Å². The highest BCUT2D eigenvalue weighted by Crippen LogP contribution is 2.40. The molecule has 0 saturated carbocycles. The van der Waals surface area contributed by atoms with Crippen LogP contribution >= 0.6 is 0 Å². The topological polar surface area (TPSA) is 76.1 Å². The molecular weight excluding hydrogens is 418 g/mol. The molecule has 1 atom stereocenters. The highest BCUT2D eigenvalue weighted by atomic mass is 16.5. The smallest absolute Gasteiger partial charge is 0.295 e. The number of amides is 1. The van der Waals surface area contributed by atoms with E-state index in [2.05, 4.69) is 13.8 Å². The van der Waals surface area contributed by atoms with E-state index < -0.39 is 17.7 Å². The molecule has 0 bridgehead atoms. The molecule has 1 heterocycles. The van der Waals surface area contributed by atoms with Gasteiger partial charge in [-0.3, -0.25) is 9.59 Å². The molecule has 1 aliphatic heterocycles. The van der Waals surface area contributed by atoms with Gasteiger partial charge in [-0.1, -0.05) is 39.8 Å². The third kappa shape index (κ3) is 5.56. The number of carbonyl (C=O) groups is 2. The molecule has 1 unspecified atom stereocenters. The van der Waals surface area contributed by atoms with Gasteiger partial charge in [-0.25, -0.2) is 0 Å². The maximum atomic E-state index is 13.0. The molecular formula is C27H33NO5. The Morgan fingerprint density at radius 3 is 2.36 bits per heavy atom. The number of ether oxygens (including phenoxy) is 2. The molecule has 0 aromatic heterocycles. The maximum Gasteiger partial charge on any atom is 0.295 e. The van der Waals surface area contributed by atoms with Gasteiger partial charge in [0, 0.05) is 12.1 Å². The van der Waals surface area contributed by atoms with Gasteiger partial charge in [0.25, 0.3) is 11.7 Å². The SMILES string of the molecule is CCCOc1cccc(C2/C(=C(/O)c3ccc(OCC(C)C)cc3)C(=O)C(=O)N2CCC)c1. The Balaban J connectivity index is 2.02. The molecule has 2 aromatic rings. The minimum Gasteiger partial charge on any atom is -0.507 e. The highest BCUT2D eigenvalue weighted by Gasteiger charge is 2.45. The average Bonchev–Trinajstić information content (AvgIpc) is 3.06. The van der Waals surface area contributed by atoms with Crippen molar-refractivity contribution in [3.05, 3.63) is 65.2 Å². The Morgan fingerprint density at radius 2 is 1.73 bits per heavy atom. The number of rotatable bonds is 10. The molecule has 1 aliphatic rings. The maximum absolute atomic E-state index is 13.0. The third-order valence-electron chi connectivity index (χ3n) is 5.36. The van der Waals surface area contributed by atoms with Gasteiger partial charge >= 0.3 is 0 Å². The van der Waals surface area contributed by atoms with Crippen LogP contribution in [0, 0.1) is 5.92 Å². The molecule has 1 N–H and O–H groups in total. The molecule has 0 radical (unpaired) electrons. The molecule has 0 spiro atoms. The number of benzene rings is 2. The van der Waals surface area contributed by atoms with Gasteiger partial charge in [0.1, 0.15) is 17.3 Å². The third-order valence-corrected chi connectivity index (χ3v) is 5.36. The van der Waals surface area contributed by atoms with E-state index in [0.29, 0.717) is 49.2 Å². The summed E-state index contributed by atoms with van der Waals surface area (Å²) < 4.78 is 11.5. The van der Waals surface area contributed by atoms with Crippen molar-refractivity contribution in [2.75, 3.05) is 19.8 Å². The van der Waals surface area contributed by atoms with Crippen molar-refractivity contribution >= 4 is 17.4 Å². The Labute approximate surface area is 195 Å². The highest BCUT2D eigenvalue weighted by molar-refractivity contribution is 6.46. The zero-order chi connectivity index (χ0) is 24.0. The minimum atomic E-state index is -0.675. The summed E-state index contributed by atoms with van der Waals surface area (Å²) >= 11 is 0. The summed E-state index contributed by atoms with van der Waals surface area (Å²) in [4.78, 5) is 27.4. The minimum absolute atomic E-state index is 0.0944. The monoisotopic (exact) mass is 451 g/mol. The summed E-state index contributed by atoms with van der Waals surface area (Å²) in [5, 5.41) is 11.2. The molecule has 33 heavy (non-hydrogen) atoms. The summed E-state index contributed by atoms with van der Waals surface area (Å²) in [7, 11) is 0. The molecule has 1 saturated heterocycles. The van der Waals surface area contributed by atoms with Crippen LogP contribution in [0.5, 0.6) is 11.5 Å². The first-order valence-electron chi connectivity index (χ1n) is 11.6. The summed E-state index contributed by atoms with van der Waals surface area (Å²) in [6.45, 7) is 9.68. The summed E-state index contributed by atoms with van der Waals surface area (Å²) in [6, 6.07) is 13.6. The predicted molar refractivity (Wildman–Crippen MR) is 128 cm³/mol. The standard InChI is InChI=1S/C27H33NO5/c1-5-14-28-24(20-8-7-9-22(16-20)32-15-6-2)23(26(30)27(28)31)25(29)19-10-12-21(13-11-19)33-17-18(3)4/h7-13,16,18,24,29H,5-6,14-15,17H2,1-4H3/b25-23-. The zero-order valence-electron chi connectivity index (χ0n) is 19.8. The quantitative estimate of drug-likeness (QED) is 0.300. The van der Waals surface area contributed by atoms with Crippen LogP contribution in [-0.2, 0) is 9.59 Å². The van der Waals surface area contributed by atoms with Crippen LogP contribution in [0.15, 0.2) is 54.1 Å². The van der Waals surface area contributed by atoms with E-state index in [-0.39, 0.29) is 11.3 Å². The zero-order valence-corrected chi connectivity index (χ0v) is 19.8. The average molecular weight is 452 g/mol. The molecule has 176 valence electrons. The van der Waals surface area contributed by atoms with E-state index in [4.69, 9.17) is 9.47 Å². The van der Waals surface area contributed by atoms with E-state index >= 15 is 0 Å². The van der Waals surface area contributed by atoms with Crippen LogP contribution in [0.3, 0.4) is 0 Å². The number of carbonyl (C=O) groups excluding carboxylic acids is 2. The van der Waals surface area contributed by atoms with Gasteiger partial charge in [-0.05, 0) is 60.7 Å². The van der Waals surface area contributed by atoms with Crippen LogP contribution in [0.4, 0.5) is 0 Å². The fourth-order valence-electron chi connectivity index (χ4n) is 3.82. The second-order valence-electron chi connectivity index (χ2n) is 8.64. The van der Waals surface area contributed by atoms with E-state index in [1.54, 1.807) is 24.3 Å². The summed E-state index contributed by atoms with van der Waals surface area (Å²) in [6.07, 6.45) is 1.56. The fraction of sp³-hybridized carbons (Fsp3) is 0.407. The van der Waals surface area contributed by atoms with Crippen molar-refractivity contribution < 1.29 is 24.2 Å². The van der Waals surface area contributed by atoms with Crippen molar-refractivity contribution in [3.8, 4) is 11.5 Å². The van der Waals surface area contributed by atoms with Crippen molar-refractivity contribution in [1.29, 1.82) is 0 Å². The number of aliphatic hydroxyl groups is 1. The van der Waals surface area contributed by atoms with Crippen LogP contribution in [0.25, 0.3) is 5.76 Å². The molecule has 0 aliphatic carbocycles. The molecule has 1 amide bonds. The second-order valence-corrected chi connectivity index (χ2v) is 8.64. The first-order valence-corrected chi connectivity index (χ1v) is 11.6. The normalized spacial score (nSPS) is 17.6. The molecule has 6 nitrogen and oxygen atoms in total. The number of Topliss-reactive ketones (excluding diaryl/α,β-unsaturated/α-hetero) is 1. The number of nitrogens with zero attached hydrogens (tertiary/aromatic N) is 1. The van der Waals surface area contributed by atoms with Gasteiger partial charge in [0.05, 0.1) is 24.8 Å². The predicted octanol–water partition coefficient (Wildman–Crippen LogP) is 5.34. The Bertz CT molecular complexity index is 1010. The Hall–Kier alpha value is -3.28. The first kappa shape index (κ1) is 24.4. The largest absolute Gasteiger partial charge is 0.507 e. The lowest BCUT2D eigenvalue weighted by atomic mass is 9.95. The summed E-state index contributed by atoms with van der Waals surface area (Å²) in [5.41, 5.74) is 1.29. The van der Waals surface area contributed by atoms with E-state index in [0.717, 1.165) is 12.0 Å². The van der Waals surface area contributed by atoms with Crippen LogP contribution in [-0.4, -0.2) is 41.5 Å². The Kier molecular flexibility index (Phi) is 8.15. The second kappa shape index (κ2) is 11.0. The Morgan fingerprint density at radius 1 is 1.00 bits per heavy atom. The van der Waals surface area contributed by atoms with Gasteiger partial charge in [-0.2, -0.15) is 0 Å². The van der Waals surface area contributed by atoms with Crippen LogP contribution in [0.1, 0.15) is 57.7 Å². The fourth-order valence-corrected chi connectivity index (χ4v) is 3.82. The number of hydrogen-bond acceptors (Lipinski definition) is 5. The lowest BCUT2D eigenvalue weighted by Gasteiger charge is -2.25. The number of ketones is 1. The number of hydrogen-bond donors (Lipinski definition) is 1. The van der Waals surface area contributed by atoms with E-state index in [1.165, 1.54) is 4.90 Å². The first-order chi connectivity index (χ1) is 15.9. The number of likely N-dealkylation sites (tertiary alicyclic amines) is 1. The molecule has 1 fully saturated rings. The van der Waals surface area contributed by atoms with E-state index in [1.807, 2.05) is 38.1 Å². The van der Waals surface area contributed by atoms with Gasteiger partial charge in [0.15, 0.2) is 0 Å². The van der Waals surface area contributed by atoms with Crippen LogP contribution < -0.4 is 9.47 Å². The van der Waals surface area contributed by atoms with Crippen molar-refractivity contribution in [1.82, 2.24) is 4.90 Å². The summed E-state index contributed by atoms with van der Waals surface area (Å²) in [5.74, 6) is 0.287. The van der Waals surface area contributed by atoms with Crippen molar-refractivity contribution in [3.63, 3.8) is 0 Å². The van der Waals surface area contributed by atoms with E-state index in [9.17, 15) is 14.7 Å².